The van der Waals surface area contributed by atoms with Crippen LogP contribution in [0.3, 0.4) is 0 Å². The summed E-state index contributed by atoms with van der Waals surface area (Å²) < 4.78 is 5.46. The maximum atomic E-state index is 9.03. The third-order valence-corrected chi connectivity index (χ3v) is 4.20. The van der Waals surface area contributed by atoms with Crippen molar-refractivity contribution in [3.63, 3.8) is 0 Å². The van der Waals surface area contributed by atoms with E-state index in [1.165, 1.54) is 24.3 Å². The molecule has 1 aromatic rings. The van der Waals surface area contributed by atoms with E-state index in [9.17, 15) is 0 Å². The highest BCUT2D eigenvalue weighted by Crippen LogP contribution is 2.26. The Bertz CT molecular complexity index is 321. The molecule has 3 nitrogen and oxygen atoms in total. The van der Waals surface area contributed by atoms with Crippen LogP contribution < -0.4 is 0 Å². The third kappa shape index (κ3) is 3.01. The van der Waals surface area contributed by atoms with E-state index in [4.69, 9.17) is 9.52 Å². The molecule has 1 saturated heterocycles. The molecule has 4 heteroatoms. The van der Waals surface area contributed by atoms with E-state index in [-0.39, 0.29) is 12.5 Å². The predicted molar refractivity (Wildman–Crippen MR) is 65.8 cm³/mol. The van der Waals surface area contributed by atoms with Gasteiger partial charge in [0.25, 0.3) is 0 Å². The lowest BCUT2D eigenvalue weighted by Crippen LogP contribution is -2.12. The number of rotatable bonds is 4. The van der Waals surface area contributed by atoms with Crippen LogP contribution in [0.25, 0.3) is 0 Å². The average molecular weight is 241 g/mol. The second kappa shape index (κ2) is 5.73. The van der Waals surface area contributed by atoms with Crippen molar-refractivity contribution < 1.29 is 9.52 Å². The quantitative estimate of drug-likeness (QED) is 0.879. The first kappa shape index (κ1) is 12.0. The van der Waals surface area contributed by atoms with Gasteiger partial charge in [-0.3, -0.25) is 0 Å². The highest BCUT2D eigenvalue weighted by atomic mass is 32.2. The minimum atomic E-state index is 0.0828. The lowest BCUT2D eigenvalue weighted by Gasteiger charge is -2.19. The second-order valence-electron chi connectivity index (χ2n) is 4.51. The summed E-state index contributed by atoms with van der Waals surface area (Å²) in [5, 5.41) is 9.03. The van der Waals surface area contributed by atoms with E-state index in [0.29, 0.717) is 0 Å². The lowest BCUT2D eigenvalue weighted by atomic mass is 9.99. The topological polar surface area (TPSA) is 46.3 Å². The molecule has 2 rings (SSSR count). The normalized spacial score (nSPS) is 19.9. The molecule has 90 valence electrons. The third-order valence-electron chi connectivity index (χ3n) is 3.15. The van der Waals surface area contributed by atoms with Gasteiger partial charge in [0.05, 0.1) is 12.3 Å². The van der Waals surface area contributed by atoms with Crippen molar-refractivity contribution in [3.05, 3.63) is 17.8 Å². The maximum Gasteiger partial charge on any atom is 0.194 e. The number of aliphatic hydroxyl groups is 1. The molecular weight excluding hydrogens is 222 g/mol. The largest absolute Gasteiger partial charge is 0.449 e. The summed E-state index contributed by atoms with van der Waals surface area (Å²) in [6.45, 7) is 2.09. The Morgan fingerprint density at radius 1 is 1.56 bits per heavy atom. The van der Waals surface area contributed by atoms with Gasteiger partial charge in [-0.25, -0.2) is 4.98 Å². The molecule has 2 heterocycles. The van der Waals surface area contributed by atoms with Crippen LogP contribution >= 0.6 is 11.8 Å². The highest BCUT2D eigenvalue weighted by molar-refractivity contribution is 7.99. The van der Waals surface area contributed by atoms with Crippen LogP contribution in [0, 0.1) is 5.92 Å². The van der Waals surface area contributed by atoms with E-state index in [0.717, 1.165) is 23.9 Å². The summed E-state index contributed by atoms with van der Waals surface area (Å²) in [4.78, 5) is 4.44. The first-order valence-electron chi connectivity index (χ1n) is 5.92. The molecule has 1 N–H and O–H groups in total. The first-order chi connectivity index (χ1) is 7.79. The summed E-state index contributed by atoms with van der Waals surface area (Å²) in [6.07, 6.45) is 5.20. The van der Waals surface area contributed by atoms with Gasteiger partial charge in [-0.2, -0.15) is 11.8 Å². The van der Waals surface area contributed by atoms with Crippen molar-refractivity contribution in [3.8, 4) is 0 Å². The average Bonchev–Trinajstić information content (AvgIpc) is 2.78. The molecule has 0 radical (unpaired) electrons. The van der Waals surface area contributed by atoms with E-state index in [1.807, 2.05) is 18.7 Å². The zero-order valence-corrected chi connectivity index (χ0v) is 10.5. The number of aliphatic hydroxyl groups excluding tert-OH is 1. The minimum Gasteiger partial charge on any atom is -0.449 e. The van der Waals surface area contributed by atoms with Gasteiger partial charge in [0, 0.05) is 12.3 Å². The van der Waals surface area contributed by atoms with Gasteiger partial charge in [0.1, 0.15) is 6.26 Å². The van der Waals surface area contributed by atoms with E-state index < -0.39 is 0 Å². The molecule has 16 heavy (non-hydrogen) atoms. The molecule has 1 unspecified atom stereocenters. The molecule has 0 amide bonds. The molecule has 0 bridgehead atoms. The maximum absolute atomic E-state index is 9.03. The molecule has 0 aliphatic carbocycles. The van der Waals surface area contributed by atoms with E-state index in [1.54, 1.807) is 6.26 Å². The van der Waals surface area contributed by atoms with Gasteiger partial charge in [-0.1, -0.05) is 6.92 Å². The standard InChI is InChI=1S/C12H19NO2S/c1-9(7-14)11-8-15-12(13-11)6-10-2-4-16-5-3-10/h8-10,14H,2-7H2,1H3. The predicted octanol–water partition coefficient (Wildman–Crippen LogP) is 2.46. The Balaban J connectivity index is 1.91. The van der Waals surface area contributed by atoms with Crippen LogP contribution in [0.1, 0.15) is 37.3 Å². The van der Waals surface area contributed by atoms with Crippen LogP contribution in [0.5, 0.6) is 0 Å². The number of nitrogens with zero attached hydrogens (tertiary/aromatic N) is 1. The second-order valence-corrected chi connectivity index (χ2v) is 5.73. The van der Waals surface area contributed by atoms with Crippen molar-refractivity contribution in [1.29, 1.82) is 0 Å². The lowest BCUT2D eigenvalue weighted by molar-refractivity contribution is 0.271. The molecule has 1 aromatic heterocycles. The number of hydrogen-bond acceptors (Lipinski definition) is 4. The monoisotopic (exact) mass is 241 g/mol. The van der Waals surface area contributed by atoms with E-state index >= 15 is 0 Å². The Morgan fingerprint density at radius 3 is 3.00 bits per heavy atom. The zero-order chi connectivity index (χ0) is 11.4. The summed E-state index contributed by atoms with van der Waals surface area (Å²) in [5.74, 6) is 4.19. The van der Waals surface area contributed by atoms with Crippen LogP contribution in [0.15, 0.2) is 10.7 Å². The van der Waals surface area contributed by atoms with Crippen LogP contribution in [0.2, 0.25) is 0 Å². The fraction of sp³-hybridized carbons (Fsp3) is 0.750. The molecular formula is C12H19NO2S. The van der Waals surface area contributed by atoms with Crippen LogP contribution in [0.4, 0.5) is 0 Å². The number of aromatic nitrogens is 1. The molecule has 0 aromatic carbocycles. The van der Waals surface area contributed by atoms with Crippen molar-refractivity contribution in [1.82, 2.24) is 4.98 Å². The fourth-order valence-corrected chi connectivity index (χ4v) is 3.14. The zero-order valence-electron chi connectivity index (χ0n) is 9.69. The van der Waals surface area contributed by atoms with Gasteiger partial charge in [0.15, 0.2) is 5.89 Å². The van der Waals surface area contributed by atoms with Crippen LogP contribution in [-0.4, -0.2) is 28.2 Å². The number of thioether (sulfide) groups is 1. The SMILES string of the molecule is CC(CO)c1coc(CC2CCSCC2)n1. The summed E-state index contributed by atoms with van der Waals surface area (Å²) in [6, 6.07) is 0. The Hall–Kier alpha value is -0.480. The molecule has 1 atom stereocenters. The number of hydrogen-bond donors (Lipinski definition) is 1. The van der Waals surface area contributed by atoms with Crippen LogP contribution in [-0.2, 0) is 6.42 Å². The summed E-state index contributed by atoms with van der Waals surface area (Å²) >= 11 is 2.04. The van der Waals surface area contributed by atoms with Gasteiger partial charge >= 0.3 is 0 Å². The Morgan fingerprint density at radius 2 is 2.31 bits per heavy atom. The molecule has 1 aliphatic rings. The summed E-state index contributed by atoms with van der Waals surface area (Å²) in [5.41, 5.74) is 0.877. The molecule has 1 aliphatic heterocycles. The minimum absolute atomic E-state index is 0.0828. The summed E-state index contributed by atoms with van der Waals surface area (Å²) in [7, 11) is 0. The van der Waals surface area contributed by atoms with Gasteiger partial charge in [0.2, 0.25) is 0 Å². The van der Waals surface area contributed by atoms with Gasteiger partial charge in [-0.15, -0.1) is 0 Å². The highest BCUT2D eigenvalue weighted by Gasteiger charge is 2.18. The van der Waals surface area contributed by atoms with Gasteiger partial charge in [-0.05, 0) is 30.3 Å². The Kier molecular flexibility index (Phi) is 4.29. The van der Waals surface area contributed by atoms with Crippen molar-refractivity contribution >= 4 is 11.8 Å². The molecule has 0 saturated carbocycles. The van der Waals surface area contributed by atoms with E-state index in [2.05, 4.69) is 4.98 Å². The van der Waals surface area contributed by atoms with Crippen molar-refractivity contribution in [2.24, 2.45) is 5.92 Å². The Labute approximate surface area is 101 Å². The molecule has 0 spiro atoms. The fourth-order valence-electron chi connectivity index (χ4n) is 1.94. The smallest absolute Gasteiger partial charge is 0.194 e. The van der Waals surface area contributed by atoms with Crippen molar-refractivity contribution in [2.75, 3.05) is 18.1 Å². The number of oxazole rings is 1. The van der Waals surface area contributed by atoms with Gasteiger partial charge < -0.3 is 9.52 Å². The van der Waals surface area contributed by atoms with Crippen molar-refractivity contribution in [2.45, 2.75) is 32.1 Å². The first-order valence-corrected chi connectivity index (χ1v) is 7.08. The molecule has 1 fully saturated rings.